The van der Waals surface area contributed by atoms with E-state index in [0.717, 1.165) is 5.56 Å². The van der Waals surface area contributed by atoms with Crippen molar-refractivity contribution >= 4 is 17.5 Å². The molecule has 2 aromatic rings. The molecule has 0 aliphatic heterocycles. The molecule has 7 nitrogen and oxygen atoms in total. The van der Waals surface area contributed by atoms with Gasteiger partial charge in [0.15, 0.2) is 0 Å². The zero-order valence-corrected chi connectivity index (χ0v) is 13.2. The fourth-order valence-corrected chi connectivity index (χ4v) is 2.33. The highest BCUT2D eigenvalue weighted by molar-refractivity contribution is 5.96. The molecule has 0 bridgehead atoms. The van der Waals surface area contributed by atoms with E-state index in [0.29, 0.717) is 5.65 Å². The van der Waals surface area contributed by atoms with E-state index in [1.807, 2.05) is 26.8 Å². The van der Waals surface area contributed by atoms with Crippen LogP contribution in [0.1, 0.15) is 36.2 Å². The molecule has 7 heteroatoms. The number of nitrogens with one attached hydrogen (secondary N) is 1. The summed E-state index contributed by atoms with van der Waals surface area (Å²) in [7, 11) is 0. The number of aryl methyl sites for hydroxylation is 1. The standard InChI is InChI=1S/C16H19N3O4/c1-9(2)7-12(16(22)23)18-14(20)11-8-17-13-10(3)5-4-6-19(13)15(11)21/h4-6,8-9,12H,7H2,1-3H3,(H,18,20)(H,22,23). The highest BCUT2D eigenvalue weighted by atomic mass is 16.4. The summed E-state index contributed by atoms with van der Waals surface area (Å²) in [4.78, 5) is 40.0. The third kappa shape index (κ3) is 3.56. The lowest BCUT2D eigenvalue weighted by molar-refractivity contribution is -0.139. The largest absolute Gasteiger partial charge is 0.480 e. The van der Waals surface area contributed by atoms with Crippen LogP contribution in [-0.4, -0.2) is 32.4 Å². The Hall–Kier alpha value is -2.70. The van der Waals surface area contributed by atoms with Crippen LogP contribution in [0.2, 0.25) is 0 Å². The van der Waals surface area contributed by atoms with E-state index < -0.39 is 23.5 Å². The summed E-state index contributed by atoms with van der Waals surface area (Å²) in [6, 6.07) is 2.45. The van der Waals surface area contributed by atoms with Gasteiger partial charge >= 0.3 is 5.97 Å². The van der Waals surface area contributed by atoms with Crippen molar-refractivity contribution in [2.24, 2.45) is 5.92 Å². The fourth-order valence-electron chi connectivity index (χ4n) is 2.33. The lowest BCUT2D eigenvalue weighted by Crippen LogP contribution is -2.43. The first kappa shape index (κ1) is 16.7. The Balaban J connectivity index is 2.36. The lowest BCUT2D eigenvalue weighted by Gasteiger charge is -2.16. The highest BCUT2D eigenvalue weighted by Crippen LogP contribution is 2.07. The summed E-state index contributed by atoms with van der Waals surface area (Å²) in [5, 5.41) is 11.6. The van der Waals surface area contributed by atoms with Crippen LogP contribution < -0.4 is 10.9 Å². The first-order chi connectivity index (χ1) is 10.8. The summed E-state index contributed by atoms with van der Waals surface area (Å²) in [5.74, 6) is -1.77. The van der Waals surface area contributed by atoms with E-state index in [1.165, 1.54) is 16.8 Å². The third-order valence-corrected chi connectivity index (χ3v) is 3.48. The van der Waals surface area contributed by atoms with E-state index in [4.69, 9.17) is 0 Å². The number of hydrogen-bond acceptors (Lipinski definition) is 4. The van der Waals surface area contributed by atoms with Crippen molar-refractivity contribution in [3.63, 3.8) is 0 Å². The number of carbonyl (C=O) groups excluding carboxylic acids is 1. The van der Waals surface area contributed by atoms with Gasteiger partial charge in [0.2, 0.25) is 0 Å². The van der Waals surface area contributed by atoms with Crippen molar-refractivity contribution in [2.75, 3.05) is 0 Å². The van der Waals surface area contributed by atoms with Crippen molar-refractivity contribution in [2.45, 2.75) is 33.2 Å². The Labute approximate surface area is 133 Å². The second-order valence-corrected chi connectivity index (χ2v) is 5.86. The van der Waals surface area contributed by atoms with Crippen LogP contribution in [0.5, 0.6) is 0 Å². The Morgan fingerprint density at radius 2 is 2.09 bits per heavy atom. The number of carboxylic acid groups (broad SMARTS) is 1. The van der Waals surface area contributed by atoms with Crippen molar-refractivity contribution < 1.29 is 14.7 Å². The van der Waals surface area contributed by atoms with E-state index in [2.05, 4.69) is 10.3 Å². The summed E-state index contributed by atoms with van der Waals surface area (Å²) in [6.07, 6.45) is 2.99. The van der Waals surface area contributed by atoms with Crippen LogP contribution in [0.3, 0.4) is 0 Å². The molecule has 0 aliphatic rings. The van der Waals surface area contributed by atoms with Gasteiger partial charge in [0, 0.05) is 12.4 Å². The first-order valence-electron chi connectivity index (χ1n) is 7.32. The van der Waals surface area contributed by atoms with Gasteiger partial charge in [-0.1, -0.05) is 19.9 Å². The number of rotatable bonds is 5. The number of nitrogens with zero attached hydrogens (tertiary/aromatic N) is 2. The van der Waals surface area contributed by atoms with Crippen LogP contribution in [0.4, 0.5) is 0 Å². The summed E-state index contributed by atoms with van der Waals surface area (Å²) in [5.41, 5.74) is 0.568. The van der Waals surface area contributed by atoms with Crippen molar-refractivity contribution in [3.05, 3.63) is 46.0 Å². The molecular formula is C16H19N3O4. The average molecular weight is 317 g/mol. The van der Waals surface area contributed by atoms with Gasteiger partial charge in [-0.3, -0.25) is 14.0 Å². The third-order valence-electron chi connectivity index (χ3n) is 3.48. The SMILES string of the molecule is Cc1cccn2c(=O)c(C(=O)NC(CC(C)C)C(=O)O)cnc12. The Morgan fingerprint density at radius 1 is 1.39 bits per heavy atom. The number of aromatic nitrogens is 2. The van der Waals surface area contributed by atoms with E-state index in [1.54, 1.807) is 6.07 Å². The minimum absolute atomic E-state index is 0.0925. The number of pyridine rings is 1. The average Bonchev–Trinajstić information content (AvgIpc) is 2.47. The van der Waals surface area contributed by atoms with Crippen LogP contribution in [0.15, 0.2) is 29.3 Å². The van der Waals surface area contributed by atoms with Gasteiger partial charge in [-0.05, 0) is 30.9 Å². The quantitative estimate of drug-likeness (QED) is 0.864. The Morgan fingerprint density at radius 3 is 2.70 bits per heavy atom. The number of fused-ring (bicyclic) bond motifs is 1. The highest BCUT2D eigenvalue weighted by Gasteiger charge is 2.23. The van der Waals surface area contributed by atoms with Gasteiger partial charge in [0.25, 0.3) is 11.5 Å². The molecule has 2 rings (SSSR count). The second-order valence-electron chi connectivity index (χ2n) is 5.86. The lowest BCUT2D eigenvalue weighted by atomic mass is 10.0. The minimum Gasteiger partial charge on any atom is -0.480 e. The maximum Gasteiger partial charge on any atom is 0.326 e. The number of carboxylic acids is 1. The molecule has 0 saturated carbocycles. The van der Waals surface area contributed by atoms with E-state index in [9.17, 15) is 19.5 Å². The van der Waals surface area contributed by atoms with Gasteiger partial charge in [0.1, 0.15) is 17.3 Å². The molecule has 0 radical (unpaired) electrons. The number of amides is 1. The Kier molecular flexibility index (Phi) is 4.78. The van der Waals surface area contributed by atoms with Gasteiger partial charge in [-0.15, -0.1) is 0 Å². The summed E-state index contributed by atoms with van der Waals surface area (Å²) >= 11 is 0. The van der Waals surface area contributed by atoms with Crippen molar-refractivity contribution in [1.82, 2.24) is 14.7 Å². The van der Waals surface area contributed by atoms with Gasteiger partial charge in [0.05, 0.1) is 0 Å². The van der Waals surface area contributed by atoms with Crippen molar-refractivity contribution in [3.8, 4) is 0 Å². The molecule has 0 saturated heterocycles. The normalized spacial score (nSPS) is 12.3. The molecule has 2 aromatic heterocycles. The van der Waals surface area contributed by atoms with Gasteiger partial charge in [-0.25, -0.2) is 9.78 Å². The topological polar surface area (TPSA) is 101 Å². The zero-order chi connectivity index (χ0) is 17.1. The molecule has 2 N–H and O–H groups in total. The maximum atomic E-state index is 12.4. The van der Waals surface area contributed by atoms with Crippen LogP contribution >= 0.6 is 0 Å². The van der Waals surface area contributed by atoms with Crippen LogP contribution in [0, 0.1) is 12.8 Å². The molecule has 23 heavy (non-hydrogen) atoms. The second kappa shape index (κ2) is 6.60. The predicted octanol–water partition coefficient (Wildman–Crippen LogP) is 1.23. The molecule has 1 amide bonds. The predicted molar refractivity (Wildman–Crippen MR) is 84.5 cm³/mol. The molecule has 0 spiro atoms. The fraction of sp³-hybridized carbons (Fsp3) is 0.375. The number of aliphatic carboxylic acids is 1. The van der Waals surface area contributed by atoms with Gasteiger partial charge < -0.3 is 10.4 Å². The molecule has 1 unspecified atom stereocenters. The number of carbonyl (C=O) groups is 2. The molecular weight excluding hydrogens is 298 g/mol. The molecule has 0 aromatic carbocycles. The minimum atomic E-state index is -1.13. The smallest absolute Gasteiger partial charge is 0.326 e. The number of hydrogen-bond donors (Lipinski definition) is 2. The molecule has 122 valence electrons. The molecule has 0 fully saturated rings. The summed E-state index contributed by atoms with van der Waals surface area (Å²) < 4.78 is 1.28. The van der Waals surface area contributed by atoms with E-state index >= 15 is 0 Å². The first-order valence-corrected chi connectivity index (χ1v) is 7.32. The monoisotopic (exact) mass is 317 g/mol. The van der Waals surface area contributed by atoms with Gasteiger partial charge in [-0.2, -0.15) is 0 Å². The summed E-state index contributed by atoms with van der Waals surface area (Å²) in [6.45, 7) is 5.53. The van der Waals surface area contributed by atoms with E-state index in [-0.39, 0.29) is 17.9 Å². The Bertz CT molecular complexity index is 811. The van der Waals surface area contributed by atoms with Crippen molar-refractivity contribution in [1.29, 1.82) is 0 Å². The molecule has 1 atom stereocenters. The van der Waals surface area contributed by atoms with Crippen LogP contribution in [-0.2, 0) is 4.79 Å². The molecule has 0 aliphatic carbocycles. The molecule has 2 heterocycles. The maximum absolute atomic E-state index is 12.4. The van der Waals surface area contributed by atoms with Crippen LogP contribution in [0.25, 0.3) is 5.65 Å². The zero-order valence-electron chi connectivity index (χ0n) is 13.2.